The van der Waals surface area contributed by atoms with E-state index in [0.29, 0.717) is 73.7 Å². The Morgan fingerprint density at radius 2 is 1.06 bits per heavy atom. The number of likely N-dealkylation sites (tertiary alicyclic amines) is 1. The van der Waals surface area contributed by atoms with E-state index in [1.54, 1.807) is 61.0 Å². The largest absolute Gasteiger partial charge is 0.481 e. The second kappa shape index (κ2) is 31.5. The molecular formula is C71H73F2N17O5S2. The van der Waals surface area contributed by atoms with E-state index in [4.69, 9.17) is 29.8 Å². The van der Waals surface area contributed by atoms with Crippen LogP contribution in [0.25, 0.3) is 56.1 Å². The highest BCUT2D eigenvalue weighted by Crippen LogP contribution is 2.40. The number of ether oxygens (including phenoxy) is 1. The number of carbonyl (C=O) groups is 3. The second-order valence-electron chi connectivity index (χ2n) is 22.5. The van der Waals surface area contributed by atoms with Gasteiger partial charge >= 0.3 is 12.1 Å². The predicted molar refractivity (Wildman–Crippen MR) is 372 cm³/mol. The number of anilines is 4. The normalized spacial score (nSPS) is 12.5. The topological polar surface area (TPSA) is 265 Å². The van der Waals surface area contributed by atoms with Crippen molar-refractivity contribution in [3.05, 3.63) is 190 Å². The number of hydrogen-bond acceptors (Lipinski definition) is 19. The Kier molecular flexibility index (Phi) is 22.9. The van der Waals surface area contributed by atoms with Gasteiger partial charge in [0.1, 0.15) is 92.5 Å². The van der Waals surface area contributed by atoms with Gasteiger partial charge in [-0.15, -0.1) is 0 Å². The number of aromatic nitrogens is 10. The van der Waals surface area contributed by atoms with Gasteiger partial charge in [-0.1, -0.05) is 88.6 Å². The van der Waals surface area contributed by atoms with E-state index in [2.05, 4.69) is 44.3 Å². The molecule has 0 atom stereocenters. The zero-order chi connectivity index (χ0) is 66.9. The van der Waals surface area contributed by atoms with Gasteiger partial charge < -0.3 is 34.8 Å². The Labute approximate surface area is 568 Å². The van der Waals surface area contributed by atoms with Crippen molar-refractivity contribution < 1.29 is 33.0 Å². The molecule has 2 aliphatic heterocycles. The van der Waals surface area contributed by atoms with Gasteiger partial charge in [0.25, 0.3) is 0 Å². The number of carboxylic acid groups (broad SMARTS) is 1. The first-order chi connectivity index (χ1) is 46.0. The van der Waals surface area contributed by atoms with E-state index < -0.39 is 5.97 Å². The monoisotopic (exact) mass is 1350 g/mol. The maximum absolute atomic E-state index is 13.5. The first kappa shape index (κ1) is 70.4. The quantitative estimate of drug-likeness (QED) is 0.0808. The number of nitrogens with one attached hydrogen (secondary N) is 1. The average molecular weight is 1350 g/mol. The molecule has 22 nitrogen and oxygen atoms in total. The average Bonchev–Trinajstić information content (AvgIpc) is 1.65. The zero-order valence-corrected chi connectivity index (χ0v) is 54.4. The van der Waals surface area contributed by atoms with Gasteiger partial charge in [0.05, 0.1) is 23.9 Å². The van der Waals surface area contributed by atoms with Crippen molar-refractivity contribution in [3.63, 3.8) is 0 Å². The molecule has 0 spiro atoms. The summed E-state index contributed by atoms with van der Waals surface area (Å²) in [5.74, 6) is 1.36. The van der Waals surface area contributed by atoms with E-state index in [1.807, 2.05) is 118 Å². The molecule has 3 aromatic carbocycles. The molecule has 0 bridgehead atoms. The fraction of sp³-hybridized carbons (Fsp3) is 0.282. The molecule has 0 saturated carbocycles. The zero-order valence-electron chi connectivity index (χ0n) is 52.8. The number of carbonyl (C=O) groups excluding carboxylic acids is 2. The van der Waals surface area contributed by atoms with Crippen molar-refractivity contribution in [2.45, 2.75) is 80.4 Å². The molecule has 2 saturated heterocycles. The highest BCUT2D eigenvalue weighted by atomic mass is 32.1. The van der Waals surface area contributed by atoms with E-state index in [1.165, 1.54) is 46.9 Å². The van der Waals surface area contributed by atoms with Crippen LogP contribution in [-0.4, -0.2) is 135 Å². The number of thiazole rings is 2. The number of fused-ring (bicyclic) bond motifs is 2. The summed E-state index contributed by atoms with van der Waals surface area (Å²) in [7, 11) is 5.55. The highest BCUT2D eigenvalue weighted by molar-refractivity contribution is 7.17. The van der Waals surface area contributed by atoms with Crippen molar-refractivity contribution in [2.75, 3.05) is 57.1 Å². The third-order valence-corrected chi connectivity index (χ3v) is 18.3. The number of amides is 2. The first-order valence-electron chi connectivity index (χ1n) is 30.6. The second-order valence-corrected chi connectivity index (χ2v) is 24.5. The molecule has 498 valence electrons. The van der Waals surface area contributed by atoms with Gasteiger partial charge in [-0.3, -0.25) is 18.4 Å². The maximum Gasteiger partial charge on any atom is 0.410 e. The van der Waals surface area contributed by atoms with Crippen molar-refractivity contribution in [1.29, 1.82) is 10.5 Å². The number of nitriles is 2. The Morgan fingerprint density at radius 3 is 1.46 bits per heavy atom. The lowest BCUT2D eigenvalue weighted by atomic mass is 9.97. The number of likely N-dealkylation sites (N-methyl/N-ethyl adjacent to an activating group) is 1. The summed E-state index contributed by atoms with van der Waals surface area (Å²) in [5.41, 5.74) is 9.90. The van der Waals surface area contributed by atoms with Crippen LogP contribution >= 0.6 is 22.7 Å². The molecule has 0 unspecified atom stereocenters. The summed E-state index contributed by atoms with van der Waals surface area (Å²) in [4.78, 5) is 79.7. The van der Waals surface area contributed by atoms with Gasteiger partial charge in [-0.05, 0) is 104 Å². The van der Waals surface area contributed by atoms with Crippen molar-refractivity contribution in [2.24, 2.45) is 5.92 Å². The minimum Gasteiger partial charge on any atom is -0.481 e. The summed E-state index contributed by atoms with van der Waals surface area (Å²) >= 11 is 2.53. The van der Waals surface area contributed by atoms with Crippen LogP contribution in [0, 0.1) is 40.2 Å². The van der Waals surface area contributed by atoms with Gasteiger partial charge in [0.2, 0.25) is 5.91 Å². The number of hydrogen-bond donors (Lipinski definition) is 2. The molecule has 0 aliphatic carbocycles. The molecule has 13 rings (SSSR count). The summed E-state index contributed by atoms with van der Waals surface area (Å²) in [6, 6.07) is 34.0. The van der Waals surface area contributed by atoms with Gasteiger partial charge in [-0.25, -0.2) is 53.4 Å². The molecule has 97 heavy (non-hydrogen) atoms. The number of aryl methyl sites for hydroxylation is 2. The van der Waals surface area contributed by atoms with Gasteiger partial charge in [0, 0.05) is 118 Å². The van der Waals surface area contributed by atoms with Crippen molar-refractivity contribution in [1.82, 2.24) is 63.8 Å². The van der Waals surface area contributed by atoms with Crippen LogP contribution in [0.1, 0.15) is 80.4 Å². The van der Waals surface area contributed by atoms with Crippen LogP contribution in [0.3, 0.4) is 0 Å². The molecule has 2 aliphatic rings. The Bertz CT molecular complexity index is 4640. The minimum atomic E-state index is -0.989. The third-order valence-electron chi connectivity index (χ3n) is 16.3. The van der Waals surface area contributed by atoms with Crippen molar-refractivity contribution >= 4 is 73.8 Å². The SMILES string of the molecule is C.C.CCc1nc2ccc(-c3cnc(CC(=O)N4CC(CC)C4)nc3)cn2c1N(C)c1nc(-c2ccc(F)cc2)c(C#N)s1.CCc1nc2ccc(-c3cnc(CC(=O)O)nc3)cn2c1N(C)c1nc(-c2ccc(F)cc2)c(C#N)s1.CN(C(=O)OCc1ccccc1)C1CNC1. The standard InChI is InChI=1S/C31H29FN8OS.C26H20FN7O2S.C12H16N2O2.2CH4/c1-4-19-16-39(17-19)28(41)12-26-34-14-22(15-35-26)21-8-11-27-36-24(5-2)30(40(27)18-21)38(3)31-37-29(25(13-33)42-31)20-6-9-23(32)10-7-20;1-3-19-25(33(2)26-32-24(20(11-28)37-26)15-4-7-18(27)8-5-15)34-14-16(6-9-22(34)31-19)17-12-29-21(30-13-17)10-23(35)36;1-14(11-7-13-8-11)12(15)16-9-10-5-3-2-4-6-10;;/h6-11,14-15,18-19H,4-5,12,16-17H2,1-3H3;4-9,12-14H,3,10H2,1-2H3,(H,35,36);2-6,11,13H,7-9H2,1H3;2*1H4. The van der Waals surface area contributed by atoms with Crippen molar-refractivity contribution in [3.8, 4) is 56.9 Å². The lowest BCUT2D eigenvalue weighted by Crippen LogP contribution is -2.57. The molecule has 11 aromatic rings. The molecule has 2 N–H and O–H groups in total. The van der Waals surface area contributed by atoms with E-state index in [9.17, 15) is 33.7 Å². The van der Waals surface area contributed by atoms with Crippen LogP contribution in [0.15, 0.2) is 140 Å². The van der Waals surface area contributed by atoms with Gasteiger partial charge in [-0.2, -0.15) is 10.5 Å². The number of carboxylic acids is 1. The summed E-state index contributed by atoms with van der Waals surface area (Å²) in [6.07, 6.45) is 12.8. The lowest BCUT2D eigenvalue weighted by Gasteiger charge is -2.38. The van der Waals surface area contributed by atoms with E-state index >= 15 is 0 Å². The predicted octanol–water partition coefficient (Wildman–Crippen LogP) is 13.0. The molecule has 26 heteroatoms. The number of halogens is 2. The molecule has 10 heterocycles. The van der Waals surface area contributed by atoms with Crippen LogP contribution in [-0.2, 0) is 46.6 Å². The smallest absolute Gasteiger partial charge is 0.410 e. The van der Waals surface area contributed by atoms with E-state index in [0.717, 1.165) is 94.7 Å². The molecular weight excluding hydrogens is 1270 g/mol. The number of imidazole rings is 2. The number of pyridine rings is 2. The van der Waals surface area contributed by atoms with Crippen LogP contribution < -0.4 is 15.1 Å². The Hall–Kier alpha value is -10.9. The molecule has 2 amide bonds. The first-order valence-corrected chi connectivity index (χ1v) is 32.3. The van der Waals surface area contributed by atoms with E-state index in [-0.39, 0.29) is 63.2 Å². The van der Waals surface area contributed by atoms with Crippen LogP contribution in [0.5, 0.6) is 0 Å². The molecule has 0 radical (unpaired) electrons. The highest BCUT2D eigenvalue weighted by Gasteiger charge is 2.30. The molecule has 8 aromatic heterocycles. The Balaban J connectivity index is 0.000000184. The minimum absolute atomic E-state index is 0. The Morgan fingerprint density at radius 1 is 0.619 bits per heavy atom. The summed E-state index contributed by atoms with van der Waals surface area (Å²) in [5, 5.41) is 32.8. The fourth-order valence-electron chi connectivity index (χ4n) is 10.7. The number of benzene rings is 3. The van der Waals surface area contributed by atoms with Crippen LogP contribution in [0.2, 0.25) is 0 Å². The molecule has 2 fully saturated rings. The summed E-state index contributed by atoms with van der Waals surface area (Å²) in [6.45, 7) is 9.90. The van der Waals surface area contributed by atoms with Gasteiger partial charge in [0.15, 0.2) is 10.3 Å². The third kappa shape index (κ3) is 15.9. The summed E-state index contributed by atoms with van der Waals surface area (Å²) < 4.78 is 36.1. The van der Waals surface area contributed by atoms with Crippen LogP contribution in [0.4, 0.5) is 35.5 Å². The number of rotatable bonds is 18. The number of aliphatic carboxylic acids is 1. The lowest BCUT2D eigenvalue weighted by molar-refractivity contribution is -0.137. The maximum atomic E-state index is 13.5. The fourth-order valence-corrected chi connectivity index (χ4v) is 12.4. The number of nitrogens with zero attached hydrogens (tertiary/aromatic N) is 16.